The summed E-state index contributed by atoms with van der Waals surface area (Å²) in [7, 11) is 1.26. The van der Waals surface area contributed by atoms with Crippen LogP contribution in [0, 0.1) is 0 Å². The summed E-state index contributed by atoms with van der Waals surface area (Å²) >= 11 is 0. The molecule has 0 amide bonds. The molecule has 92 valence electrons. The quantitative estimate of drug-likeness (QED) is 0.709. The number of rotatable bonds is 4. The Morgan fingerprint density at radius 2 is 1.29 bits per heavy atom. The van der Waals surface area contributed by atoms with Gasteiger partial charge in [0.1, 0.15) is 0 Å². The molecule has 2 unspecified atom stereocenters. The highest BCUT2D eigenvalue weighted by Crippen LogP contribution is 2.47. The van der Waals surface area contributed by atoms with E-state index in [4.69, 9.17) is 8.85 Å². The molecule has 0 spiro atoms. The van der Waals surface area contributed by atoms with Gasteiger partial charge < -0.3 is 8.85 Å². The third kappa shape index (κ3) is 1.88. The zero-order valence-corrected chi connectivity index (χ0v) is 11.9. The molecule has 2 atom stereocenters. The summed E-state index contributed by atoms with van der Waals surface area (Å²) < 4.78 is 11.9. The summed E-state index contributed by atoms with van der Waals surface area (Å²) in [5, 5.41) is 0. The minimum Gasteiger partial charge on any atom is -0.397 e. The first-order valence-electron chi connectivity index (χ1n) is 5.96. The third-order valence-corrected chi connectivity index (χ3v) is 8.12. The molecule has 0 N–H and O–H groups in total. The van der Waals surface area contributed by atoms with E-state index in [9.17, 15) is 0 Å². The summed E-state index contributed by atoms with van der Waals surface area (Å²) in [4.78, 5) is 0. The van der Waals surface area contributed by atoms with E-state index in [1.165, 1.54) is 11.1 Å². The van der Waals surface area contributed by atoms with E-state index >= 15 is 0 Å². The third-order valence-electron chi connectivity index (χ3n) is 3.81. The SMILES string of the molecule is CO[Si](OC)(C1C=CC=C1C)C1C=CC=C1C. The van der Waals surface area contributed by atoms with Gasteiger partial charge >= 0.3 is 8.56 Å². The molecule has 0 bridgehead atoms. The first-order chi connectivity index (χ1) is 8.15. The summed E-state index contributed by atoms with van der Waals surface area (Å²) in [6.45, 7) is 4.31. The summed E-state index contributed by atoms with van der Waals surface area (Å²) in [5.41, 5.74) is 3.31. The van der Waals surface area contributed by atoms with Gasteiger partial charge in [-0.3, -0.25) is 0 Å². The van der Waals surface area contributed by atoms with Gasteiger partial charge in [0.25, 0.3) is 0 Å². The van der Waals surface area contributed by atoms with Gasteiger partial charge in [-0.2, -0.15) is 0 Å². The van der Waals surface area contributed by atoms with Gasteiger partial charge in [0.2, 0.25) is 0 Å². The summed E-state index contributed by atoms with van der Waals surface area (Å²) in [6.07, 6.45) is 13.0. The second-order valence-corrected chi connectivity index (χ2v) is 8.18. The predicted octanol–water partition coefficient (Wildman–Crippen LogP) is 3.49. The van der Waals surface area contributed by atoms with E-state index in [0.717, 1.165) is 0 Å². The summed E-state index contributed by atoms with van der Waals surface area (Å²) in [5.74, 6) is 0. The van der Waals surface area contributed by atoms with Crippen LogP contribution in [0.25, 0.3) is 0 Å². The van der Waals surface area contributed by atoms with E-state index in [1.807, 2.05) is 0 Å². The molecule has 17 heavy (non-hydrogen) atoms. The van der Waals surface area contributed by atoms with Gasteiger partial charge in [0.05, 0.1) is 0 Å². The highest BCUT2D eigenvalue weighted by molar-refractivity contribution is 6.73. The van der Waals surface area contributed by atoms with Gasteiger partial charge in [-0.25, -0.2) is 0 Å². The Bertz CT molecular complexity index is 378. The first-order valence-corrected chi connectivity index (χ1v) is 7.93. The Morgan fingerprint density at radius 3 is 1.53 bits per heavy atom. The van der Waals surface area contributed by atoms with Crippen LogP contribution in [0.15, 0.2) is 47.6 Å². The van der Waals surface area contributed by atoms with Crippen molar-refractivity contribution in [2.45, 2.75) is 24.9 Å². The number of allylic oxidation sites excluding steroid dienone is 8. The van der Waals surface area contributed by atoms with E-state index in [0.29, 0.717) is 11.1 Å². The fraction of sp³-hybridized carbons (Fsp3) is 0.429. The van der Waals surface area contributed by atoms with Crippen LogP contribution in [0.5, 0.6) is 0 Å². The van der Waals surface area contributed by atoms with Gasteiger partial charge in [0.15, 0.2) is 0 Å². The van der Waals surface area contributed by atoms with Crippen molar-refractivity contribution in [1.29, 1.82) is 0 Å². The van der Waals surface area contributed by atoms with Gasteiger partial charge in [-0.1, -0.05) is 47.6 Å². The molecule has 3 heteroatoms. The van der Waals surface area contributed by atoms with Crippen LogP contribution in [0.1, 0.15) is 13.8 Å². The summed E-state index contributed by atoms with van der Waals surface area (Å²) in [6, 6.07) is 0. The largest absolute Gasteiger partial charge is 0.397 e. The molecule has 0 radical (unpaired) electrons. The molecule has 2 nitrogen and oxygen atoms in total. The Morgan fingerprint density at radius 1 is 0.882 bits per heavy atom. The average molecular weight is 248 g/mol. The molecule has 2 aliphatic carbocycles. The fourth-order valence-corrected chi connectivity index (χ4v) is 6.63. The predicted molar refractivity (Wildman–Crippen MR) is 73.1 cm³/mol. The maximum atomic E-state index is 5.93. The Hall–Kier alpha value is -0.903. The van der Waals surface area contributed by atoms with E-state index in [1.54, 1.807) is 14.2 Å². The number of hydrogen-bond donors (Lipinski definition) is 0. The monoisotopic (exact) mass is 248 g/mol. The molecule has 0 saturated carbocycles. The van der Waals surface area contributed by atoms with Crippen LogP contribution >= 0.6 is 0 Å². The highest BCUT2D eigenvalue weighted by Gasteiger charge is 2.51. The molecule has 0 aliphatic heterocycles. The first kappa shape index (κ1) is 12.6. The van der Waals surface area contributed by atoms with Crippen LogP contribution in [-0.4, -0.2) is 22.8 Å². The molecular formula is C14H20O2Si. The molecule has 2 rings (SSSR count). The minimum atomic E-state index is -2.31. The average Bonchev–Trinajstić information content (AvgIpc) is 2.93. The smallest absolute Gasteiger partial charge is 0.360 e. The Kier molecular flexibility index (Phi) is 3.52. The molecule has 0 saturated heterocycles. The van der Waals surface area contributed by atoms with Crippen molar-refractivity contribution in [3.05, 3.63) is 47.6 Å². The van der Waals surface area contributed by atoms with Crippen molar-refractivity contribution < 1.29 is 8.85 Å². The zero-order chi connectivity index (χ0) is 12.5. The normalized spacial score (nSPS) is 27.5. The Labute approximate surface area is 105 Å². The van der Waals surface area contributed by atoms with E-state index in [-0.39, 0.29) is 0 Å². The molecule has 0 aromatic heterocycles. The van der Waals surface area contributed by atoms with Gasteiger partial charge in [-0.05, 0) is 13.8 Å². The highest BCUT2D eigenvalue weighted by atomic mass is 28.4. The molecule has 0 aromatic carbocycles. The Balaban J connectivity index is 2.39. The molecule has 2 aliphatic rings. The van der Waals surface area contributed by atoms with Crippen molar-refractivity contribution >= 4 is 8.56 Å². The van der Waals surface area contributed by atoms with E-state index < -0.39 is 8.56 Å². The molecule has 0 aromatic rings. The zero-order valence-electron chi connectivity index (χ0n) is 10.9. The lowest BCUT2D eigenvalue weighted by molar-refractivity contribution is 0.234. The van der Waals surface area contributed by atoms with Crippen LogP contribution in [0.3, 0.4) is 0 Å². The lowest BCUT2D eigenvalue weighted by Gasteiger charge is -2.37. The second kappa shape index (κ2) is 4.76. The van der Waals surface area contributed by atoms with Crippen LogP contribution in [0.4, 0.5) is 0 Å². The maximum Gasteiger partial charge on any atom is 0.360 e. The molecule has 0 heterocycles. The van der Waals surface area contributed by atoms with Crippen molar-refractivity contribution in [2.75, 3.05) is 14.2 Å². The lowest BCUT2D eigenvalue weighted by atomic mass is 10.2. The second-order valence-electron chi connectivity index (χ2n) is 4.68. The minimum absolute atomic E-state index is 0.314. The topological polar surface area (TPSA) is 18.5 Å². The standard InChI is InChI=1S/C14H20O2Si/c1-11-7-5-9-13(11)17(15-3,16-4)14-10-6-8-12(14)2/h5-10,13-14H,1-4H3. The van der Waals surface area contributed by atoms with Gasteiger partial charge in [-0.15, -0.1) is 0 Å². The molecular weight excluding hydrogens is 228 g/mol. The van der Waals surface area contributed by atoms with E-state index in [2.05, 4.69) is 50.3 Å². The van der Waals surface area contributed by atoms with Crippen molar-refractivity contribution in [3.63, 3.8) is 0 Å². The van der Waals surface area contributed by atoms with Crippen LogP contribution in [0.2, 0.25) is 11.1 Å². The lowest BCUT2D eigenvalue weighted by Crippen LogP contribution is -2.48. The van der Waals surface area contributed by atoms with Crippen LogP contribution < -0.4 is 0 Å². The maximum absolute atomic E-state index is 5.93. The van der Waals surface area contributed by atoms with Crippen molar-refractivity contribution in [1.82, 2.24) is 0 Å². The van der Waals surface area contributed by atoms with Crippen molar-refractivity contribution in [3.8, 4) is 0 Å². The number of hydrogen-bond acceptors (Lipinski definition) is 2. The van der Waals surface area contributed by atoms with Crippen LogP contribution in [-0.2, 0) is 8.85 Å². The van der Waals surface area contributed by atoms with Gasteiger partial charge in [0, 0.05) is 25.3 Å². The molecule has 0 fully saturated rings. The fourth-order valence-electron chi connectivity index (χ4n) is 2.84. The van der Waals surface area contributed by atoms with Crippen molar-refractivity contribution in [2.24, 2.45) is 0 Å².